The van der Waals surface area contributed by atoms with E-state index in [0.29, 0.717) is 12.4 Å². The molecule has 0 amide bonds. The molecule has 3 rings (SSSR count). The smallest absolute Gasteiger partial charge is 0.280 e. The Morgan fingerprint density at radius 2 is 1.96 bits per heavy atom. The minimum atomic E-state index is -2.60. The second-order valence-corrected chi connectivity index (χ2v) is 5.51. The fourth-order valence-electron chi connectivity index (χ4n) is 2.80. The Labute approximate surface area is 138 Å². The van der Waals surface area contributed by atoms with Crippen LogP contribution in [-0.4, -0.2) is 46.1 Å². The van der Waals surface area contributed by atoms with E-state index in [1.165, 1.54) is 12.4 Å². The maximum Gasteiger partial charge on any atom is 0.280 e. The molecule has 1 atom stereocenters. The number of aromatic nitrogens is 4. The van der Waals surface area contributed by atoms with Crippen LogP contribution >= 0.6 is 0 Å². The molecule has 128 valence electrons. The SMILES string of the molecule is CNc1cc(N2CCCC2CNc2cc(C(F)F)ncn2)ncn1. The summed E-state index contributed by atoms with van der Waals surface area (Å²) in [5.74, 6) is 2.02. The van der Waals surface area contributed by atoms with Crippen LogP contribution in [0.5, 0.6) is 0 Å². The molecule has 1 saturated heterocycles. The van der Waals surface area contributed by atoms with E-state index in [2.05, 4.69) is 35.5 Å². The van der Waals surface area contributed by atoms with Gasteiger partial charge in [-0.3, -0.25) is 0 Å². The second kappa shape index (κ2) is 7.33. The van der Waals surface area contributed by atoms with Gasteiger partial charge in [-0.25, -0.2) is 28.7 Å². The molecular weight excluding hydrogens is 316 g/mol. The average Bonchev–Trinajstić information content (AvgIpc) is 3.09. The molecule has 2 aromatic heterocycles. The van der Waals surface area contributed by atoms with Crippen molar-refractivity contribution in [2.75, 3.05) is 35.7 Å². The number of halogens is 2. The van der Waals surface area contributed by atoms with Crippen molar-refractivity contribution in [1.82, 2.24) is 19.9 Å². The molecule has 2 aromatic rings. The van der Waals surface area contributed by atoms with Crippen molar-refractivity contribution in [3.8, 4) is 0 Å². The van der Waals surface area contributed by atoms with Gasteiger partial charge in [0.1, 0.15) is 35.8 Å². The van der Waals surface area contributed by atoms with E-state index < -0.39 is 6.43 Å². The molecule has 24 heavy (non-hydrogen) atoms. The summed E-state index contributed by atoms with van der Waals surface area (Å²) in [5, 5.41) is 6.12. The lowest BCUT2D eigenvalue weighted by molar-refractivity contribution is 0.146. The Balaban J connectivity index is 1.67. The molecule has 1 aliphatic rings. The van der Waals surface area contributed by atoms with E-state index in [1.54, 1.807) is 0 Å². The Bertz CT molecular complexity index is 682. The molecule has 0 aliphatic carbocycles. The maximum absolute atomic E-state index is 12.7. The van der Waals surface area contributed by atoms with Gasteiger partial charge in [-0.15, -0.1) is 0 Å². The highest BCUT2D eigenvalue weighted by molar-refractivity contribution is 5.50. The van der Waals surface area contributed by atoms with Crippen LogP contribution in [0.4, 0.5) is 26.2 Å². The number of alkyl halides is 2. The van der Waals surface area contributed by atoms with E-state index in [0.717, 1.165) is 37.3 Å². The van der Waals surface area contributed by atoms with Crippen LogP contribution in [0, 0.1) is 0 Å². The third-order valence-corrected chi connectivity index (χ3v) is 4.01. The van der Waals surface area contributed by atoms with Crippen molar-refractivity contribution in [2.45, 2.75) is 25.3 Å². The number of nitrogens with zero attached hydrogens (tertiary/aromatic N) is 5. The largest absolute Gasteiger partial charge is 0.373 e. The molecule has 1 unspecified atom stereocenters. The van der Waals surface area contributed by atoms with Crippen LogP contribution < -0.4 is 15.5 Å². The predicted molar refractivity (Wildman–Crippen MR) is 87.4 cm³/mol. The predicted octanol–water partition coefficient (Wildman–Crippen LogP) is 2.33. The van der Waals surface area contributed by atoms with Gasteiger partial charge in [-0.2, -0.15) is 0 Å². The summed E-state index contributed by atoms with van der Waals surface area (Å²) < 4.78 is 25.4. The van der Waals surface area contributed by atoms with Crippen LogP contribution in [0.25, 0.3) is 0 Å². The molecule has 3 heterocycles. The summed E-state index contributed by atoms with van der Waals surface area (Å²) in [6, 6.07) is 3.40. The van der Waals surface area contributed by atoms with E-state index in [1.807, 2.05) is 13.1 Å². The van der Waals surface area contributed by atoms with Crippen molar-refractivity contribution in [3.63, 3.8) is 0 Å². The molecule has 1 aliphatic heterocycles. The summed E-state index contributed by atoms with van der Waals surface area (Å²) in [5.41, 5.74) is -0.273. The quantitative estimate of drug-likeness (QED) is 0.839. The van der Waals surface area contributed by atoms with Crippen LogP contribution in [0.1, 0.15) is 25.0 Å². The molecule has 2 N–H and O–H groups in total. The first-order chi connectivity index (χ1) is 11.7. The highest BCUT2D eigenvalue weighted by Crippen LogP contribution is 2.25. The van der Waals surface area contributed by atoms with Crippen LogP contribution in [0.3, 0.4) is 0 Å². The first-order valence-corrected chi connectivity index (χ1v) is 7.78. The minimum absolute atomic E-state index is 0.217. The van der Waals surface area contributed by atoms with E-state index in [9.17, 15) is 8.78 Å². The number of hydrogen-bond acceptors (Lipinski definition) is 7. The zero-order valence-electron chi connectivity index (χ0n) is 13.3. The lowest BCUT2D eigenvalue weighted by Gasteiger charge is -2.26. The lowest BCUT2D eigenvalue weighted by Crippen LogP contribution is -2.35. The van der Waals surface area contributed by atoms with Gasteiger partial charge in [-0.05, 0) is 12.8 Å². The normalized spacial score (nSPS) is 17.3. The van der Waals surface area contributed by atoms with Crippen LogP contribution in [0.2, 0.25) is 0 Å². The van der Waals surface area contributed by atoms with Crippen LogP contribution in [0.15, 0.2) is 24.8 Å². The minimum Gasteiger partial charge on any atom is -0.373 e. The number of nitrogens with one attached hydrogen (secondary N) is 2. The molecule has 0 aromatic carbocycles. The van der Waals surface area contributed by atoms with Gasteiger partial charge < -0.3 is 15.5 Å². The van der Waals surface area contributed by atoms with Crippen molar-refractivity contribution in [2.24, 2.45) is 0 Å². The molecule has 0 bridgehead atoms. The Morgan fingerprint density at radius 3 is 2.75 bits per heavy atom. The number of rotatable bonds is 6. The Morgan fingerprint density at radius 1 is 1.17 bits per heavy atom. The third-order valence-electron chi connectivity index (χ3n) is 4.01. The van der Waals surface area contributed by atoms with Gasteiger partial charge in [-0.1, -0.05) is 0 Å². The molecule has 0 saturated carbocycles. The summed E-state index contributed by atoms with van der Waals surface area (Å²) >= 11 is 0. The zero-order valence-corrected chi connectivity index (χ0v) is 13.3. The summed E-state index contributed by atoms with van der Waals surface area (Å²) in [7, 11) is 1.81. The first-order valence-electron chi connectivity index (χ1n) is 7.78. The third kappa shape index (κ3) is 3.66. The van der Waals surface area contributed by atoms with Crippen molar-refractivity contribution >= 4 is 17.5 Å². The summed E-state index contributed by atoms with van der Waals surface area (Å²) in [4.78, 5) is 18.2. The summed E-state index contributed by atoms with van der Waals surface area (Å²) in [6.07, 6.45) is 2.14. The van der Waals surface area contributed by atoms with Gasteiger partial charge >= 0.3 is 0 Å². The van der Waals surface area contributed by atoms with Crippen LogP contribution in [-0.2, 0) is 0 Å². The fourth-order valence-corrected chi connectivity index (χ4v) is 2.80. The molecular formula is C15H19F2N7. The summed E-state index contributed by atoms with van der Waals surface area (Å²) in [6.45, 7) is 1.50. The Kier molecular flexibility index (Phi) is 4.97. The zero-order chi connectivity index (χ0) is 16.9. The molecule has 9 heteroatoms. The molecule has 7 nitrogen and oxygen atoms in total. The van der Waals surface area contributed by atoms with Crippen molar-refractivity contribution < 1.29 is 8.78 Å². The lowest BCUT2D eigenvalue weighted by atomic mass is 10.2. The molecule has 0 radical (unpaired) electrons. The topological polar surface area (TPSA) is 78.9 Å². The van der Waals surface area contributed by atoms with E-state index in [-0.39, 0.29) is 11.7 Å². The standard InChI is InChI=1S/C15H19F2N7/c1-18-12-6-14(23-9-21-12)24-4-2-3-10(24)7-19-13-5-11(15(16)17)20-8-22-13/h5-6,8-10,15H,2-4,7H2,1H3,(H,18,21,23)(H,19,20,22). The number of anilines is 3. The van der Waals surface area contributed by atoms with E-state index in [4.69, 9.17) is 0 Å². The highest BCUT2D eigenvalue weighted by atomic mass is 19.3. The number of hydrogen-bond donors (Lipinski definition) is 2. The van der Waals surface area contributed by atoms with Crippen molar-refractivity contribution in [1.29, 1.82) is 0 Å². The average molecular weight is 335 g/mol. The van der Waals surface area contributed by atoms with E-state index >= 15 is 0 Å². The fraction of sp³-hybridized carbons (Fsp3) is 0.467. The monoisotopic (exact) mass is 335 g/mol. The van der Waals surface area contributed by atoms with Gasteiger partial charge in [0.2, 0.25) is 0 Å². The Hall–Kier alpha value is -2.58. The first kappa shape index (κ1) is 16.3. The van der Waals surface area contributed by atoms with Crippen molar-refractivity contribution in [3.05, 3.63) is 30.5 Å². The second-order valence-electron chi connectivity index (χ2n) is 5.51. The highest BCUT2D eigenvalue weighted by Gasteiger charge is 2.26. The van der Waals surface area contributed by atoms with Gasteiger partial charge in [0.15, 0.2) is 0 Å². The van der Waals surface area contributed by atoms with Gasteiger partial charge in [0.25, 0.3) is 6.43 Å². The maximum atomic E-state index is 12.7. The molecule has 0 spiro atoms. The van der Waals surface area contributed by atoms with Gasteiger partial charge in [0, 0.05) is 38.3 Å². The molecule has 1 fully saturated rings. The van der Waals surface area contributed by atoms with Gasteiger partial charge in [0.05, 0.1) is 0 Å².